The molecule has 1 N–H and O–H groups in total. The zero-order valence-electron chi connectivity index (χ0n) is 14.1. The normalized spacial score (nSPS) is 27.8. The number of ether oxygens (including phenoxy) is 1. The summed E-state index contributed by atoms with van der Waals surface area (Å²) >= 11 is 0. The van der Waals surface area contributed by atoms with E-state index in [0.29, 0.717) is 18.0 Å². The van der Waals surface area contributed by atoms with Gasteiger partial charge in [0.2, 0.25) is 0 Å². The Balaban J connectivity index is 2.05. The van der Waals surface area contributed by atoms with Gasteiger partial charge in [-0.1, -0.05) is 51.1 Å². The molecule has 0 spiro atoms. The van der Waals surface area contributed by atoms with Crippen molar-refractivity contribution in [3.05, 3.63) is 35.9 Å². The lowest BCUT2D eigenvalue weighted by Gasteiger charge is -2.40. The molecular formula is C19H31NO. The maximum Gasteiger partial charge on any atom is 0.0666 e. The molecule has 118 valence electrons. The molecule has 3 unspecified atom stereocenters. The topological polar surface area (TPSA) is 21.3 Å². The van der Waals surface area contributed by atoms with E-state index in [1.54, 1.807) is 0 Å². The highest BCUT2D eigenvalue weighted by Gasteiger charge is 2.32. The molecule has 1 aromatic rings. The van der Waals surface area contributed by atoms with Crippen LogP contribution in [0.25, 0.3) is 0 Å². The van der Waals surface area contributed by atoms with Crippen molar-refractivity contribution in [2.75, 3.05) is 6.61 Å². The second-order valence-electron chi connectivity index (χ2n) is 7.10. The van der Waals surface area contributed by atoms with Crippen molar-refractivity contribution in [1.82, 2.24) is 5.32 Å². The summed E-state index contributed by atoms with van der Waals surface area (Å²) in [5.74, 6) is 0.695. The van der Waals surface area contributed by atoms with Gasteiger partial charge in [0, 0.05) is 18.7 Å². The predicted octanol–water partition coefficient (Wildman–Crippen LogP) is 4.71. The standard InChI is InChI=1S/C19H31NO/c1-5-19(4)14-17(11-12-21-19)20-18(13-15(2)3)16-9-7-6-8-10-16/h6-10,15,17-18,20H,5,11-14H2,1-4H3. The smallest absolute Gasteiger partial charge is 0.0666 e. The van der Waals surface area contributed by atoms with Gasteiger partial charge >= 0.3 is 0 Å². The molecule has 2 heteroatoms. The Labute approximate surface area is 130 Å². The lowest BCUT2D eigenvalue weighted by molar-refractivity contribution is -0.0793. The zero-order chi connectivity index (χ0) is 15.3. The second kappa shape index (κ2) is 7.42. The van der Waals surface area contributed by atoms with E-state index in [1.807, 2.05) is 0 Å². The lowest BCUT2D eigenvalue weighted by Crippen LogP contribution is -2.46. The molecule has 0 bridgehead atoms. The largest absolute Gasteiger partial charge is 0.375 e. The first-order valence-corrected chi connectivity index (χ1v) is 8.47. The van der Waals surface area contributed by atoms with Crippen molar-refractivity contribution in [1.29, 1.82) is 0 Å². The van der Waals surface area contributed by atoms with E-state index in [2.05, 4.69) is 63.3 Å². The Hall–Kier alpha value is -0.860. The molecule has 21 heavy (non-hydrogen) atoms. The van der Waals surface area contributed by atoms with Gasteiger partial charge in [0.05, 0.1) is 5.60 Å². The minimum Gasteiger partial charge on any atom is -0.375 e. The molecule has 1 aliphatic heterocycles. The summed E-state index contributed by atoms with van der Waals surface area (Å²) < 4.78 is 5.97. The fourth-order valence-corrected chi connectivity index (χ4v) is 3.26. The van der Waals surface area contributed by atoms with Crippen molar-refractivity contribution >= 4 is 0 Å². The molecule has 0 aliphatic carbocycles. The van der Waals surface area contributed by atoms with Crippen LogP contribution < -0.4 is 5.32 Å². The molecule has 1 aliphatic rings. The Bertz CT molecular complexity index is 417. The third kappa shape index (κ3) is 4.82. The molecule has 0 aromatic heterocycles. The maximum absolute atomic E-state index is 5.97. The number of hydrogen-bond acceptors (Lipinski definition) is 2. The Morgan fingerprint density at radius 3 is 2.62 bits per heavy atom. The van der Waals surface area contributed by atoms with Gasteiger partial charge < -0.3 is 10.1 Å². The molecule has 0 saturated carbocycles. The van der Waals surface area contributed by atoms with Gasteiger partial charge in [-0.3, -0.25) is 0 Å². The summed E-state index contributed by atoms with van der Waals surface area (Å²) in [6.45, 7) is 9.96. The van der Waals surface area contributed by atoms with Crippen molar-refractivity contribution in [3.8, 4) is 0 Å². The third-order valence-corrected chi connectivity index (χ3v) is 4.69. The predicted molar refractivity (Wildman–Crippen MR) is 89.4 cm³/mol. The lowest BCUT2D eigenvalue weighted by atomic mass is 9.88. The Kier molecular flexibility index (Phi) is 5.83. The number of nitrogens with one attached hydrogen (secondary N) is 1. The van der Waals surface area contributed by atoms with Crippen LogP contribution in [0.4, 0.5) is 0 Å². The van der Waals surface area contributed by atoms with Gasteiger partial charge in [0.25, 0.3) is 0 Å². The van der Waals surface area contributed by atoms with Gasteiger partial charge in [-0.2, -0.15) is 0 Å². The molecule has 0 amide bonds. The molecule has 3 atom stereocenters. The van der Waals surface area contributed by atoms with Gasteiger partial charge in [-0.15, -0.1) is 0 Å². The van der Waals surface area contributed by atoms with Gasteiger partial charge in [0.15, 0.2) is 0 Å². The van der Waals surface area contributed by atoms with E-state index in [-0.39, 0.29) is 5.60 Å². The van der Waals surface area contributed by atoms with Crippen molar-refractivity contribution in [2.24, 2.45) is 5.92 Å². The van der Waals surface area contributed by atoms with Crippen molar-refractivity contribution in [2.45, 2.75) is 71.1 Å². The van der Waals surface area contributed by atoms with Crippen molar-refractivity contribution < 1.29 is 4.74 Å². The molecule has 2 nitrogen and oxygen atoms in total. The summed E-state index contributed by atoms with van der Waals surface area (Å²) in [5.41, 5.74) is 1.46. The minimum absolute atomic E-state index is 0.0506. The first kappa shape index (κ1) is 16.5. The van der Waals surface area contributed by atoms with Crippen molar-refractivity contribution in [3.63, 3.8) is 0 Å². The van der Waals surface area contributed by atoms with Crippen LogP contribution in [-0.4, -0.2) is 18.2 Å². The SMILES string of the molecule is CCC1(C)CC(NC(CC(C)C)c2ccccc2)CCO1. The molecule has 1 heterocycles. The van der Waals surface area contributed by atoms with Crippen LogP contribution in [0.1, 0.15) is 65.0 Å². The molecule has 1 fully saturated rings. The monoisotopic (exact) mass is 289 g/mol. The minimum atomic E-state index is 0.0506. The van der Waals surface area contributed by atoms with Crippen LogP contribution in [-0.2, 0) is 4.74 Å². The highest BCUT2D eigenvalue weighted by atomic mass is 16.5. The quantitative estimate of drug-likeness (QED) is 0.819. The number of benzene rings is 1. The first-order chi connectivity index (χ1) is 10.0. The van der Waals surface area contributed by atoms with Crippen LogP contribution in [0.15, 0.2) is 30.3 Å². The number of hydrogen-bond donors (Lipinski definition) is 1. The number of rotatable bonds is 6. The summed E-state index contributed by atoms with van der Waals surface area (Å²) in [6, 6.07) is 11.9. The molecule has 1 saturated heterocycles. The van der Waals surface area contributed by atoms with E-state index in [9.17, 15) is 0 Å². The van der Waals surface area contributed by atoms with Crippen LogP contribution in [0.3, 0.4) is 0 Å². The summed E-state index contributed by atoms with van der Waals surface area (Å²) in [5, 5.41) is 3.91. The molecule has 1 aromatic carbocycles. The van der Waals surface area contributed by atoms with Gasteiger partial charge in [0.1, 0.15) is 0 Å². The van der Waals surface area contributed by atoms with Crippen LogP contribution in [0.5, 0.6) is 0 Å². The van der Waals surface area contributed by atoms with E-state index < -0.39 is 0 Å². The summed E-state index contributed by atoms with van der Waals surface area (Å²) in [6.07, 6.45) is 4.51. The Morgan fingerprint density at radius 1 is 1.29 bits per heavy atom. The third-order valence-electron chi connectivity index (χ3n) is 4.69. The average molecular weight is 289 g/mol. The molecule has 2 rings (SSSR count). The maximum atomic E-state index is 5.97. The van der Waals surface area contributed by atoms with Crippen LogP contribution >= 0.6 is 0 Å². The second-order valence-corrected chi connectivity index (χ2v) is 7.10. The van der Waals surface area contributed by atoms with Crippen LogP contribution in [0.2, 0.25) is 0 Å². The van der Waals surface area contributed by atoms with Gasteiger partial charge in [-0.25, -0.2) is 0 Å². The molecule has 0 radical (unpaired) electrons. The summed E-state index contributed by atoms with van der Waals surface area (Å²) in [7, 11) is 0. The summed E-state index contributed by atoms with van der Waals surface area (Å²) in [4.78, 5) is 0. The van der Waals surface area contributed by atoms with Crippen LogP contribution in [0, 0.1) is 5.92 Å². The van der Waals surface area contributed by atoms with E-state index in [4.69, 9.17) is 4.74 Å². The van der Waals surface area contributed by atoms with E-state index >= 15 is 0 Å². The first-order valence-electron chi connectivity index (χ1n) is 8.47. The van der Waals surface area contributed by atoms with Gasteiger partial charge in [-0.05, 0) is 44.1 Å². The van der Waals surface area contributed by atoms with E-state index in [0.717, 1.165) is 25.9 Å². The highest BCUT2D eigenvalue weighted by Crippen LogP contribution is 2.30. The highest BCUT2D eigenvalue weighted by molar-refractivity contribution is 5.19. The van der Waals surface area contributed by atoms with E-state index in [1.165, 1.54) is 12.0 Å². The fourth-order valence-electron chi connectivity index (χ4n) is 3.26. The Morgan fingerprint density at radius 2 is 2.00 bits per heavy atom. The fraction of sp³-hybridized carbons (Fsp3) is 0.684. The molecular weight excluding hydrogens is 258 g/mol. The average Bonchev–Trinajstić information content (AvgIpc) is 2.47. The zero-order valence-corrected chi connectivity index (χ0v) is 14.1.